The molecule has 1 aromatic carbocycles. The molecule has 1 amide bonds. The average Bonchev–Trinajstić information content (AvgIpc) is 2.61. The molecular weight excluding hydrogens is 378 g/mol. The highest BCUT2D eigenvalue weighted by atomic mass is 35.5. The Morgan fingerprint density at radius 2 is 1.55 bits per heavy atom. The maximum absolute atomic E-state index is 12.1. The minimum atomic E-state index is -0.0794. The molecule has 164 valence electrons. The average molecular weight is 420 g/mol. The minimum absolute atomic E-state index is 0.0794. The summed E-state index contributed by atoms with van der Waals surface area (Å²) in [5.74, 6) is 2.39. The minimum Gasteiger partial charge on any atom is -0.322 e. The molecule has 2 atom stereocenters. The van der Waals surface area contributed by atoms with Gasteiger partial charge in [0.15, 0.2) is 0 Å². The molecule has 0 heterocycles. The van der Waals surface area contributed by atoms with Crippen molar-refractivity contribution in [1.29, 1.82) is 0 Å². The molecule has 0 saturated heterocycles. The fraction of sp³-hybridized carbons (Fsp3) is 0.654. The summed E-state index contributed by atoms with van der Waals surface area (Å²) in [5, 5.41) is 3.50. The van der Waals surface area contributed by atoms with E-state index >= 15 is 0 Å². The highest BCUT2D eigenvalue weighted by Crippen LogP contribution is 2.22. The fourth-order valence-electron chi connectivity index (χ4n) is 3.75. The topological polar surface area (TPSA) is 29.1 Å². The van der Waals surface area contributed by atoms with E-state index in [9.17, 15) is 4.79 Å². The summed E-state index contributed by atoms with van der Waals surface area (Å²) in [4.78, 5) is 12.1. The lowest BCUT2D eigenvalue weighted by Gasteiger charge is -2.15. The summed E-state index contributed by atoms with van der Waals surface area (Å²) in [6, 6.07) is 7.24. The van der Waals surface area contributed by atoms with Gasteiger partial charge in [-0.3, -0.25) is 4.79 Å². The molecule has 1 aromatic rings. The quantitative estimate of drug-likeness (QED) is 0.300. The van der Waals surface area contributed by atoms with E-state index in [1.807, 2.05) is 19.1 Å². The van der Waals surface area contributed by atoms with Crippen LogP contribution in [0, 0.1) is 17.8 Å². The molecule has 0 radical (unpaired) electrons. The number of benzene rings is 1. The van der Waals surface area contributed by atoms with Crippen molar-refractivity contribution in [1.82, 2.24) is 0 Å². The lowest BCUT2D eigenvalue weighted by Crippen LogP contribution is -2.08. The maximum atomic E-state index is 12.1. The molecule has 0 saturated carbocycles. The number of rotatable bonds is 14. The van der Waals surface area contributed by atoms with E-state index in [4.69, 9.17) is 11.6 Å². The summed E-state index contributed by atoms with van der Waals surface area (Å²) in [6.07, 6.45) is 13.3. The molecule has 2 nitrogen and oxygen atoms in total. The Hall–Kier alpha value is -1.28. The molecule has 29 heavy (non-hydrogen) atoms. The van der Waals surface area contributed by atoms with Gasteiger partial charge in [0.2, 0.25) is 5.91 Å². The van der Waals surface area contributed by atoms with E-state index in [1.165, 1.54) is 44.9 Å². The Bertz CT molecular complexity index is 623. The number of amides is 1. The normalized spacial score (nSPS) is 14.1. The van der Waals surface area contributed by atoms with E-state index < -0.39 is 0 Å². The van der Waals surface area contributed by atoms with Crippen LogP contribution in [0.25, 0.3) is 0 Å². The second-order valence-corrected chi connectivity index (χ2v) is 9.78. The lowest BCUT2D eigenvalue weighted by molar-refractivity contribution is -0.112. The molecule has 0 bridgehead atoms. The number of halogens is 1. The monoisotopic (exact) mass is 419 g/mol. The van der Waals surface area contributed by atoms with Crippen molar-refractivity contribution < 1.29 is 4.79 Å². The van der Waals surface area contributed by atoms with Crippen molar-refractivity contribution in [3.05, 3.63) is 40.9 Å². The highest BCUT2D eigenvalue weighted by Gasteiger charge is 2.07. The van der Waals surface area contributed by atoms with Crippen LogP contribution in [0.5, 0.6) is 0 Å². The van der Waals surface area contributed by atoms with Crippen LogP contribution in [0.3, 0.4) is 0 Å². The van der Waals surface area contributed by atoms with Crippen LogP contribution in [0.2, 0.25) is 5.02 Å². The van der Waals surface area contributed by atoms with Gasteiger partial charge < -0.3 is 5.32 Å². The lowest BCUT2D eigenvalue weighted by atomic mass is 9.91. The number of carbonyl (C=O) groups excluding carboxylic acids is 1. The van der Waals surface area contributed by atoms with Crippen LogP contribution in [0.15, 0.2) is 35.9 Å². The van der Waals surface area contributed by atoms with Crippen molar-refractivity contribution in [2.45, 2.75) is 92.4 Å². The Labute approximate surface area is 184 Å². The van der Waals surface area contributed by atoms with Crippen LogP contribution in [-0.2, 0) is 4.79 Å². The molecular formula is C26H42ClNO. The van der Waals surface area contributed by atoms with Gasteiger partial charge in [0.1, 0.15) is 0 Å². The zero-order chi connectivity index (χ0) is 21.6. The van der Waals surface area contributed by atoms with Gasteiger partial charge in [-0.25, -0.2) is 0 Å². The summed E-state index contributed by atoms with van der Waals surface area (Å²) < 4.78 is 0. The smallest absolute Gasteiger partial charge is 0.248 e. The highest BCUT2D eigenvalue weighted by molar-refractivity contribution is 6.30. The first-order valence-electron chi connectivity index (χ1n) is 11.5. The fourth-order valence-corrected chi connectivity index (χ4v) is 3.94. The van der Waals surface area contributed by atoms with Gasteiger partial charge >= 0.3 is 0 Å². The van der Waals surface area contributed by atoms with E-state index in [-0.39, 0.29) is 5.91 Å². The van der Waals surface area contributed by atoms with Gasteiger partial charge in [0.25, 0.3) is 0 Å². The first kappa shape index (κ1) is 25.8. The molecule has 2 unspecified atom stereocenters. The molecule has 1 N–H and O–H groups in total. The van der Waals surface area contributed by atoms with Crippen molar-refractivity contribution in [2.24, 2.45) is 17.8 Å². The van der Waals surface area contributed by atoms with Crippen molar-refractivity contribution in [3.8, 4) is 0 Å². The first-order valence-corrected chi connectivity index (χ1v) is 11.9. The summed E-state index contributed by atoms with van der Waals surface area (Å²) in [5.41, 5.74) is 1.87. The van der Waals surface area contributed by atoms with Gasteiger partial charge in [-0.2, -0.15) is 0 Å². The first-order chi connectivity index (χ1) is 13.8. The van der Waals surface area contributed by atoms with Crippen LogP contribution in [0.1, 0.15) is 92.4 Å². The number of carbonyl (C=O) groups is 1. The summed E-state index contributed by atoms with van der Waals surface area (Å²) in [7, 11) is 0. The van der Waals surface area contributed by atoms with Crippen molar-refractivity contribution in [2.75, 3.05) is 5.32 Å². The SMILES string of the molecule is CC(=CC(=O)Nc1cccc(Cl)c1)CCCC(C)CCCC(C)CCCC(C)C. The number of hydrogen-bond donors (Lipinski definition) is 1. The van der Waals surface area contributed by atoms with E-state index in [1.54, 1.807) is 18.2 Å². The molecule has 0 spiro atoms. The van der Waals surface area contributed by atoms with E-state index in [2.05, 4.69) is 33.0 Å². The van der Waals surface area contributed by atoms with Gasteiger partial charge in [0, 0.05) is 16.8 Å². The van der Waals surface area contributed by atoms with Crippen molar-refractivity contribution in [3.63, 3.8) is 0 Å². The number of nitrogens with one attached hydrogen (secondary N) is 1. The van der Waals surface area contributed by atoms with Gasteiger partial charge in [-0.05, 0) is 55.7 Å². The Morgan fingerprint density at radius 1 is 0.966 bits per heavy atom. The predicted molar refractivity (Wildman–Crippen MR) is 129 cm³/mol. The third-order valence-corrected chi connectivity index (χ3v) is 5.85. The van der Waals surface area contributed by atoms with Crippen LogP contribution < -0.4 is 5.32 Å². The molecule has 1 rings (SSSR count). The molecule has 0 aliphatic heterocycles. The van der Waals surface area contributed by atoms with Gasteiger partial charge in [-0.15, -0.1) is 0 Å². The Balaban J connectivity index is 2.16. The third-order valence-electron chi connectivity index (χ3n) is 5.61. The van der Waals surface area contributed by atoms with Gasteiger partial charge in [0.05, 0.1) is 0 Å². The van der Waals surface area contributed by atoms with Crippen molar-refractivity contribution >= 4 is 23.2 Å². The Kier molecular flexibility index (Phi) is 13.0. The zero-order valence-electron chi connectivity index (χ0n) is 19.3. The van der Waals surface area contributed by atoms with Gasteiger partial charge in [-0.1, -0.05) is 95.9 Å². The maximum Gasteiger partial charge on any atom is 0.248 e. The summed E-state index contributed by atoms with van der Waals surface area (Å²) >= 11 is 5.95. The third kappa shape index (κ3) is 13.5. The second kappa shape index (κ2) is 14.7. The number of hydrogen-bond acceptors (Lipinski definition) is 1. The largest absolute Gasteiger partial charge is 0.322 e. The molecule has 0 aliphatic carbocycles. The zero-order valence-corrected chi connectivity index (χ0v) is 20.0. The van der Waals surface area contributed by atoms with E-state index in [0.717, 1.165) is 41.9 Å². The van der Waals surface area contributed by atoms with Crippen LogP contribution >= 0.6 is 11.6 Å². The van der Waals surface area contributed by atoms with E-state index in [0.29, 0.717) is 5.02 Å². The van der Waals surface area contributed by atoms with Crippen LogP contribution in [0.4, 0.5) is 5.69 Å². The standard InChI is InChI=1S/C26H42ClNO/c1-20(2)10-6-11-21(3)12-7-13-22(4)14-8-15-23(5)18-26(29)28-25-17-9-16-24(27)19-25/h9,16-22H,6-8,10-15H2,1-5H3,(H,28,29). The molecule has 0 fully saturated rings. The number of allylic oxidation sites excluding steroid dienone is 1. The molecule has 0 aliphatic rings. The summed E-state index contributed by atoms with van der Waals surface area (Å²) in [6.45, 7) is 11.5. The molecule has 0 aromatic heterocycles. The predicted octanol–water partition coefficient (Wildman–Crippen LogP) is 8.66. The van der Waals surface area contributed by atoms with Crippen LogP contribution in [-0.4, -0.2) is 5.91 Å². The molecule has 3 heteroatoms. The second-order valence-electron chi connectivity index (χ2n) is 9.35. The number of anilines is 1. The Morgan fingerprint density at radius 3 is 2.14 bits per heavy atom.